The van der Waals surface area contributed by atoms with Crippen LogP contribution in [0.15, 0.2) is 78.9 Å². The van der Waals surface area contributed by atoms with Gasteiger partial charge in [-0.3, -0.25) is 13.9 Å². The number of carbonyl (C=O) groups excluding carboxylic acids is 2. The third-order valence-electron chi connectivity index (χ3n) is 6.10. The standard InChI is InChI=1S/C30H36FN3O5S/c1-30(2,3)32-29(36)26(19-22-13-7-6-8-14-22)33(20-23-15-9-10-16-24(23)31)28(35)21-34(40(5,37)38)25-17-11-12-18-27(25)39-4/h6-18,26H,19-21H2,1-5H3,(H,32,36)/t26-/m0/s1. The van der Waals surface area contributed by atoms with Gasteiger partial charge in [0.1, 0.15) is 24.2 Å². The molecule has 0 aliphatic heterocycles. The molecule has 10 heteroatoms. The number of nitrogens with one attached hydrogen (secondary N) is 1. The van der Waals surface area contributed by atoms with Crippen LogP contribution in [0.25, 0.3) is 0 Å². The van der Waals surface area contributed by atoms with E-state index in [1.807, 2.05) is 51.1 Å². The number of methoxy groups -OCH3 is 1. The highest BCUT2D eigenvalue weighted by atomic mass is 32.2. The topological polar surface area (TPSA) is 96.0 Å². The van der Waals surface area contributed by atoms with Gasteiger partial charge in [0.25, 0.3) is 0 Å². The van der Waals surface area contributed by atoms with Gasteiger partial charge in [0.15, 0.2) is 0 Å². The Balaban J connectivity index is 2.11. The Morgan fingerprint density at radius 1 is 0.950 bits per heavy atom. The SMILES string of the molecule is COc1ccccc1N(CC(=O)N(Cc1ccccc1F)[C@@H](Cc1ccccc1)C(=O)NC(C)(C)C)S(C)(=O)=O. The maximum absolute atomic E-state index is 14.8. The van der Waals surface area contributed by atoms with Gasteiger partial charge < -0.3 is 15.0 Å². The second-order valence-electron chi connectivity index (χ2n) is 10.5. The van der Waals surface area contributed by atoms with Crippen LogP contribution in [0.4, 0.5) is 10.1 Å². The van der Waals surface area contributed by atoms with Gasteiger partial charge >= 0.3 is 0 Å². The predicted octanol–water partition coefficient (Wildman–Crippen LogP) is 4.16. The van der Waals surface area contributed by atoms with E-state index in [-0.39, 0.29) is 30.0 Å². The molecule has 214 valence electrons. The minimum atomic E-state index is -3.96. The fourth-order valence-corrected chi connectivity index (χ4v) is 5.10. The lowest BCUT2D eigenvalue weighted by molar-refractivity contribution is -0.140. The zero-order valence-electron chi connectivity index (χ0n) is 23.4. The molecular weight excluding hydrogens is 533 g/mol. The average Bonchev–Trinajstić information content (AvgIpc) is 2.89. The molecule has 0 bridgehead atoms. The van der Waals surface area contributed by atoms with Crippen LogP contribution < -0.4 is 14.4 Å². The molecule has 0 aliphatic rings. The number of nitrogens with zero attached hydrogens (tertiary/aromatic N) is 2. The fourth-order valence-electron chi connectivity index (χ4n) is 4.25. The molecule has 3 rings (SSSR count). The molecule has 0 fully saturated rings. The number of para-hydroxylation sites is 2. The molecular formula is C30H36FN3O5S. The number of halogens is 1. The molecule has 3 aromatic rings. The molecule has 0 unspecified atom stereocenters. The molecule has 3 aromatic carbocycles. The lowest BCUT2D eigenvalue weighted by atomic mass is 10.0. The Bertz CT molecular complexity index is 1420. The summed E-state index contributed by atoms with van der Waals surface area (Å²) in [6.07, 6.45) is 1.12. The molecule has 1 atom stereocenters. The van der Waals surface area contributed by atoms with Crippen molar-refractivity contribution in [3.8, 4) is 5.75 Å². The van der Waals surface area contributed by atoms with Crippen molar-refractivity contribution in [3.63, 3.8) is 0 Å². The van der Waals surface area contributed by atoms with Gasteiger partial charge in [0.05, 0.1) is 19.1 Å². The molecule has 0 aliphatic carbocycles. The first-order valence-corrected chi connectivity index (χ1v) is 14.6. The number of benzene rings is 3. The highest BCUT2D eigenvalue weighted by Crippen LogP contribution is 2.30. The van der Waals surface area contributed by atoms with Crippen molar-refractivity contribution in [1.29, 1.82) is 0 Å². The average molecular weight is 570 g/mol. The van der Waals surface area contributed by atoms with Gasteiger partial charge in [-0.15, -0.1) is 0 Å². The molecule has 0 spiro atoms. The summed E-state index contributed by atoms with van der Waals surface area (Å²) in [5.41, 5.74) is 0.535. The minimum Gasteiger partial charge on any atom is -0.495 e. The molecule has 0 heterocycles. The van der Waals surface area contributed by atoms with E-state index >= 15 is 0 Å². The van der Waals surface area contributed by atoms with Gasteiger partial charge in [-0.2, -0.15) is 0 Å². The number of rotatable bonds is 11. The molecule has 0 aromatic heterocycles. The third kappa shape index (κ3) is 8.29. The summed E-state index contributed by atoms with van der Waals surface area (Å²) in [5, 5.41) is 2.93. The number of ether oxygens (including phenoxy) is 1. The highest BCUT2D eigenvalue weighted by Gasteiger charge is 2.35. The van der Waals surface area contributed by atoms with Gasteiger partial charge in [-0.25, -0.2) is 12.8 Å². The minimum absolute atomic E-state index is 0.135. The van der Waals surface area contributed by atoms with Gasteiger partial charge in [0, 0.05) is 24.1 Å². The summed E-state index contributed by atoms with van der Waals surface area (Å²) >= 11 is 0. The van der Waals surface area contributed by atoms with E-state index in [4.69, 9.17) is 4.74 Å². The van der Waals surface area contributed by atoms with Crippen molar-refractivity contribution in [1.82, 2.24) is 10.2 Å². The van der Waals surface area contributed by atoms with Crippen molar-refractivity contribution in [2.24, 2.45) is 0 Å². The maximum Gasteiger partial charge on any atom is 0.244 e. The second kappa shape index (κ2) is 13.0. The van der Waals surface area contributed by atoms with Crippen molar-refractivity contribution in [2.75, 3.05) is 24.2 Å². The van der Waals surface area contributed by atoms with E-state index in [0.29, 0.717) is 0 Å². The summed E-state index contributed by atoms with van der Waals surface area (Å²) in [6, 6.07) is 20.5. The fraction of sp³-hybridized carbons (Fsp3) is 0.333. The summed E-state index contributed by atoms with van der Waals surface area (Å²) in [4.78, 5) is 29.0. The molecule has 0 saturated carbocycles. The maximum atomic E-state index is 14.8. The molecule has 2 amide bonds. The number of carbonyl (C=O) groups is 2. The third-order valence-corrected chi connectivity index (χ3v) is 7.23. The van der Waals surface area contributed by atoms with Crippen molar-refractivity contribution >= 4 is 27.5 Å². The second-order valence-corrected chi connectivity index (χ2v) is 12.4. The van der Waals surface area contributed by atoms with Crippen LogP contribution in [0.1, 0.15) is 31.9 Å². The first-order valence-electron chi connectivity index (χ1n) is 12.8. The summed E-state index contributed by atoms with van der Waals surface area (Å²) in [6.45, 7) is 4.59. The smallest absolute Gasteiger partial charge is 0.244 e. The van der Waals surface area contributed by atoms with E-state index in [9.17, 15) is 22.4 Å². The number of hydrogen-bond acceptors (Lipinski definition) is 5. The number of amides is 2. The monoisotopic (exact) mass is 569 g/mol. The van der Waals surface area contributed by atoms with Crippen LogP contribution in [0.3, 0.4) is 0 Å². The van der Waals surface area contributed by atoms with E-state index in [0.717, 1.165) is 16.1 Å². The predicted molar refractivity (Wildman–Crippen MR) is 154 cm³/mol. The zero-order chi connectivity index (χ0) is 29.5. The number of sulfonamides is 1. The quantitative estimate of drug-likeness (QED) is 0.374. The lowest BCUT2D eigenvalue weighted by Crippen LogP contribution is -2.56. The Morgan fingerprint density at radius 2 is 1.55 bits per heavy atom. The Labute approximate surface area is 235 Å². The summed E-state index contributed by atoms with van der Waals surface area (Å²) < 4.78 is 46.9. The molecule has 40 heavy (non-hydrogen) atoms. The summed E-state index contributed by atoms with van der Waals surface area (Å²) in [7, 11) is -2.56. The largest absolute Gasteiger partial charge is 0.495 e. The Hall–Kier alpha value is -3.92. The number of hydrogen-bond donors (Lipinski definition) is 1. The van der Waals surface area contributed by atoms with Gasteiger partial charge in [-0.1, -0.05) is 60.7 Å². The highest BCUT2D eigenvalue weighted by molar-refractivity contribution is 7.92. The van der Waals surface area contributed by atoms with E-state index in [2.05, 4.69) is 5.32 Å². The van der Waals surface area contributed by atoms with Crippen LogP contribution in [-0.2, 0) is 32.6 Å². The molecule has 0 saturated heterocycles. The molecule has 8 nitrogen and oxygen atoms in total. The van der Waals surface area contributed by atoms with Gasteiger partial charge in [-0.05, 0) is 44.5 Å². The van der Waals surface area contributed by atoms with Crippen molar-refractivity contribution in [2.45, 2.75) is 45.3 Å². The first kappa shape index (κ1) is 30.6. The van der Waals surface area contributed by atoms with Crippen LogP contribution >= 0.6 is 0 Å². The zero-order valence-corrected chi connectivity index (χ0v) is 24.2. The van der Waals surface area contributed by atoms with Crippen LogP contribution in [0.2, 0.25) is 0 Å². The number of anilines is 1. The molecule has 0 radical (unpaired) electrons. The van der Waals surface area contributed by atoms with Crippen molar-refractivity contribution < 1.29 is 27.1 Å². The summed E-state index contributed by atoms with van der Waals surface area (Å²) in [5.74, 6) is -1.40. The van der Waals surface area contributed by atoms with E-state index in [1.54, 1.807) is 24.3 Å². The van der Waals surface area contributed by atoms with Crippen LogP contribution in [0.5, 0.6) is 5.75 Å². The Morgan fingerprint density at radius 3 is 2.15 bits per heavy atom. The van der Waals surface area contributed by atoms with Crippen LogP contribution in [0, 0.1) is 5.82 Å². The lowest BCUT2D eigenvalue weighted by Gasteiger charge is -2.35. The van der Waals surface area contributed by atoms with Crippen LogP contribution in [-0.4, -0.2) is 56.6 Å². The normalized spacial score (nSPS) is 12.3. The van der Waals surface area contributed by atoms with E-state index < -0.39 is 45.8 Å². The first-order chi connectivity index (χ1) is 18.8. The van der Waals surface area contributed by atoms with Crippen molar-refractivity contribution in [3.05, 3.63) is 95.8 Å². The van der Waals surface area contributed by atoms with E-state index in [1.165, 1.54) is 36.3 Å². The Kier molecular flexibility index (Phi) is 9.92. The molecule has 1 N–H and O–H groups in total. The van der Waals surface area contributed by atoms with Gasteiger partial charge in [0.2, 0.25) is 21.8 Å².